The zero-order valence-electron chi connectivity index (χ0n) is 15.1. The summed E-state index contributed by atoms with van der Waals surface area (Å²) in [7, 11) is -2.23. The molecule has 1 saturated carbocycles. The molecule has 0 bridgehead atoms. The first-order valence-electron chi connectivity index (χ1n) is 8.63. The molecule has 9 heteroatoms. The molecule has 0 atom stereocenters. The Labute approximate surface area is 169 Å². The number of rotatable bonds is 5. The van der Waals surface area contributed by atoms with E-state index in [4.69, 9.17) is 21.1 Å². The maximum absolute atomic E-state index is 12.8. The summed E-state index contributed by atoms with van der Waals surface area (Å²) in [5.74, 6) is 0.316. The number of hydrogen-bond acceptors (Lipinski definition) is 7. The lowest BCUT2D eigenvalue weighted by atomic mass is 9.94. The Morgan fingerprint density at radius 1 is 1.22 bits per heavy atom. The van der Waals surface area contributed by atoms with Crippen molar-refractivity contribution in [2.75, 3.05) is 13.4 Å². The minimum absolute atomic E-state index is 0.0627. The molecule has 1 aliphatic carbocycles. The van der Waals surface area contributed by atoms with Gasteiger partial charge in [-0.1, -0.05) is 49.3 Å². The molecule has 1 amide bonds. The number of thioether (sulfide) groups is 1. The van der Waals surface area contributed by atoms with Crippen molar-refractivity contribution in [3.05, 3.63) is 28.7 Å². The number of carbonyl (C=O) groups is 1. The van der Waals surface area contributed by atoms with Gasteiger partial charge in [0.05, 0.1) is 18.3 Å². The first kappa shape index (κ1) is 20.2. The summed E-state index contributed by atoms with van der Waals surface area (Å²) in [4.78, 5) is 15.2. The van der Waals surface area contributed by atoms with Gasteiger partial charge in [-0.2, -0.15) is 8.42 Å². The molecule has 27 heavy (non-hydrogen) atoms. The smallest absolute Gasteiger partial charge is 0.306 e. The van der Waals surface area contributed by atoms with E-state index in [2.05, 4.69) is 0 Å². The van der Waals surface area contributed by atoms with Gasteiger partial charge in [0.1, 0.15) is 4.32 Å². The van der Waals surface area contributed by atoms with E-state index in [0.717, 1.165) is 31.9 Å². The number of amides is 1. The first-order valence-corrected chi connectivity index (χ1v) is 11.7. The molecule has 0 spiro atoms. The van der Waals surface area contributed by atoms with E-state index in [0.29, 0.717) is 14.8 Å². The van der Waals surface area contributed by atoms with Crippen LogP contribution in [-0.2, 0) is 14.9 Å². The topological polar surface area (TPSA) is 72.9 Å². The number of hydrogen-bond donors (Lipinski definition) is 0. The van der Waals surface area contributed by atoms with Gasteiger partial charge in [-0.3, -0.25) is 9.69 Å². The second kappa shape index (κ2) is 8.20. The summed E-state index contributed by atoms with van der Waals surface area (Å²) >= 11 is 6.74. The van der Waals surface area contributed by atoms with Crippen LogP contribution in [0.15, 0.2) is 23.1 Å². The summed E-state index contributed by atoms with van der Waals surface area (Å²) in [5.41, 5.74) is 0.705. The van der Waals surface area contributed by atoms with Gasteiger partial charge >= 0.3 is 10.1 Å². The van der Waals surface area contributed by atoms with E-state index < -0.39 is 10.1 Å². The molecule has 0 radical (unpaired) electrons. The van der Waals surface area contributed by atoms with Crippen LogP contribution in [0.3, 0.4) is 0 Å². The van der Waals surface area contributed by atoms with Crippen LogP contribution >= 0.6 is 24.0 Å². The van der Waals surface area contributed by atoms with Crippen LogP contribution in [0.2, 0.25) is 0 Å². The molecule has 2 fully saturated rings. The molecule has 1 heterocycles. The summed E-state index contributed by atoms with van der Waals surface area (Å²) in [5, 5.41) is 0. The molecule has 146 valence electrons. The van der Waals surface area contributed by atoms with E-state index in [-0.39, 0.29) is 23.4 Å². The average Bonchev–Trinajstić information content (AvgIpc) is 2.89. The molecule has 0 aromatic heterocycles. The van der Waals surface area contributed by atoms with Crippen LogP contribution in [0.1, 0.15) is 37.7 Å². The zero-order chi connectivity index (χ0) is 19.6. The highest BCUT2D eigenvalue weighted by atomic mass is 32.2. The normalized spacial score (nSPS) is 20.4. The molecular formula is C18H21NO5S3. The van der Waals surface area contributed by atoms with Crippen molar-refractivity contribution in [3.8, 4) is 11.5 Å². The quantitative estimate of drug-likeness (QED) is 0.404. The van der Waals surface area contributed by atoms with Crippen molar-refractivity contribution in [3.63, 3.8) is 0 Å². The van der Waals surface area contributed by atoms with Crippen LogP contribution < -0.4 is 8.92 Å². The Morgan fingerprint density at radius 2 is 1.93 bits per heavy atom. The van der Waals surface area contributed by atoms with Crippen molar-refractivity contribution in [1.29, 1.82) is 0 Å². The maximum atomic E-state index is 12.8. The Balaban J connectivity index is 1.84. The molecule has 6 nitrogen and oxygen atoms in total. The zero-order valence-corrected chi connectivity index (χ0v) is 17.6. The molecule has 1 aromatic carbocycles. The lowest BCUT2D eigenvalue weighted by Gasteiger charge is -2.29. The van der Waals surface area contributed by atoms with Crippen molar-refractivity contribution in [1.82, 2.24) is 4.90 Å². The van der Waals surface area contributed by atoms with Gasteiger partial charge in [-0.05, 0) is 36.6 Å². The Morgan fingerprint density at radius 3 is 2.56 bits per heavy atom. The average molecular weight is 428 g/mol. The second-order valence-corrected chi connectivity index (χ2v) is 9.79. The third kappa shape index (κ3) is 4.83. The SMILES string of the molecule is COc1cc(C=C2SC(=S)N(C3CCCCC3)C2=O)ccc1OS(C)(=O)=O. The first-order chi connectivity index (χ1) is 12.8. The predicted molar refractivity (Wildman–Crippen MR) is 110 cm³/mol. The van der Waals surface area contributed by atoms with Gasteiger partial charge in [0.25, 0.3) is 5.91 Å². The molecule has 0 N–H and O–H groups in total. The third-order valence-corrected chi connectivity index (χ3v) is 6.30. The maximum Gasteiger partial charge on any atom is 0.306 e. The van der Waals surface area contributed by atoms with E-state index in [1.54, 1.807) is 23.1 Å². The third-order valence-electron chi connectivity index (χ3n) is 4.49. The van der Waals surface area contributed by atoms with Gasteiger partial charge in [-0.15, -0.1) is 0 Å². The molecule has 1 aromatic rings. The Hall–Kier alpha value is -1.58. The number of ether oxygens (including phenoxy) is 1. The lowest BCUT2D eigenvalue weighted by Crippen LogP contribution is -2.39. The fourth-order valence-electron chi connectivity index (χ4n) is 3.29. The number of thiocarbonyl (C=S) groups is 1. The van der Waals surface area contributed by atoms with Crippen molar-refractivity contribution >= 4 is 50.4 Å². The second-order valence-electron chi connectivity index (χ2n) is 6.54. The highest BCUT2D eigenvalue weighted by molar-refractivity contribution is 8.26. The van der Waals surface area contributed by atoms with Crippen LogP contribution in [0.25, 0.3) is 6.08 Å². The van der Waals surface area contributed by atoms with Crippen molar-refractivity contribution < 1.29 is 22.1 Å². The summed E-state index contributed by atoms with van der Waals surface area (Å²) < 4.78 is 33.4. The van der Waals surface area contributed by atoms with E-state index in [1.165, 1.54) is 31.4 Å². The monoisotopic (exact) mass is 427 g/mol. The molecule has 1 saturated heterocycles. The highest BCUT2D eigenvalue weighted by Gasteiger charge is 2.37. The lowest BCUT2D eigenvalue weighted by molar-refractivity contribution is -0.124. The van der Waals surface area contributed by atoms with Crippen LogP contribution in [0.4, 0.5) is 0 Å². The van der Waals surface area contributed by atoms with E-state index in [9.17, 15) is 13.2 Å². The van der Waals surface area contributed by atoms with Crippen molar-refractivity contribution in [2.45, 2.75) is 38.1 Å². The van der Waals surface area contributed by atoms with Crippen LogP contribution in [0.5, 0.6) is 11.5 Å². The van der Waals surface area contributed by atoms with Crippen molar-refractivity contribution in [2.24, 2.45) is 0 Å². The summed E-state index contributed by atoms with van der Waals surface area (Å²) in [6.45, 7) is 0. The van der Waals surface area contributed by atoms with Gasteiger partial charge < -0.3 is 8.92 Å². The van der Waals surface area contributed by atoms with E-state index >= 15 is 0 Å². The fraction of sp³-hybridized carbons (Fsp3) is 0.444. The fourth-order valence-corrected chi connectivity index (χ4v) is 5.16. The van der Waals surface area contributed by atoms with Crippen LogP contribution in [-0.4, -0.2) is 43.0 Å². The number of nitrogens with zero attached hydrogens (tertiary/aromatic N) is 1. The summed E-state index contributed by atoms with van der Waals surface area (Å²) in [6, 6.07) is 5.01. The molecule has 0 unspecified atom stereocenters. The Bertz CT molecular complexity index is 888. The number of methoxy groups -OCH3 is 1. The molecular weight excluding hydrogens is 406 g/mol. The summed E-state index contributed by atoms with van der Waals surface area (Å²) in [6.07, 6.45) is 8.16. The minimum Gasteiger partial charge on any atom is -0.493 e. The molecule has 1 aliphatic heterocycles. The van der Waals surface area contributed by atoms with Crippen LogP contribution in [0, 0.1) is 0 Å². The minimum atomic E-state index is -3.66. The standard InChI is InChI=1S/C18H21NO5S3/c1-23-15-10-12(8-9-14(15)24-27(2,21)22)11-16-17(20)19(18(25)26-16)13-6-4-3-5-7-13/h8-11,13H,3-7H2,1-2H3. The van der Waals surface area contributed by atoms with E-state index in [1.807, 2.05) is 0 Å². The Kier molecular flexibility index (Phi) is 6.12. The molecule has 3 rings (SSSR count). The predicted octanol–water partition coefficient (Wildman–Crippen LogP) is 3.57. The number of benzene rings is 1. The molecule has 2 aliphatic rings. The number of carbonyl (C=O) groups excluding carboxylic acids is 1. The highest BCUT2D eigenvalue weighted by Crippen LogP contribution is 2.38. The largest absolute Gasteiger partial charge is 0.493 e. The van der Waals surface area contributed by atoms with Gasteiger partial charge in [0.15, 0.2) is 11.5 Å². The van der Waals surface area contributed by atoms with Gasteiger partial charge in [-0.25, -0.2) is 0 Å². The van der Waals surface area contributed by atoms with Gasteiger partial charge in [0.2, 0.25) is 0 Å². The van der Waals surface area contributed by atoms with Gasteiger partial charge in [0, 0.05) is 6.04 Å².